The van der Waals surface area contributed by atoms with Gasteiger partial charge in [-0.1, -0.05) is 0 Å². The molecule has 2 aliphatic rings. The zero-order valence-electron chi connectivity index (χ0n) is 11.4. The van der Waals surface area contributed by atoms with E-state index in [0.717, 1.165) is 12.8 Å². The lowest BCUT2D eigenvalue weighted by Gasteiger charge is -2.38. The molecule has 108 valence electrons. The summed E-state index contributed by atoms with van der Waals surface area (Å²) >= 11 is 0. The molecule has 2 unspecified atom stereocenters. The van der Waals surface area contributed by atoms with Crippen molar-refractivity contribution in [2.45, 2.75) is 43.0 Å². The number of carbonyl (C=O) groups excluding carboxylic acids is 1. The van der Waals surface area contributed by atoms with Crippen LogP contribution in [0.25, 0.3) is 0 Å². The summed E-state index contributed by atoms with van der Waals surface area (Å²) in [6.07, 6.45) is 7.49. The second-order valence-corrected chi connectivity index (χ2v) is 8.08. The average Bonchev–Trinajstić information content (AvgIpc) is 2.67. The summed E-state index contributed by atoms with van der Waals surface area (Å²) in [7, 11) is -3.01. The third-order valence-corrected chi connectivity index (χ3v) is 6.05. The number of carbonyl (C=O) groups is 1. The zero-order chi connectivity index (χ0) is 14.3. The lowest BCUT2D eigenvalue weighted by molar-refractivity contribution is 0.0598. The summed E-state index contributed by atoms with van der Waals surface area (Å²) < 4.78 is 23.5. The highest BCUT2D eigenvalue weighted by Gasteiger charge is 2.45. The number of rotatable bonds is 2. The van der Waals surface area contributed by atoms with Crippen molar-refractivity contribution in [3.8, 4) is 0 Å². The SMILES string of the molecule is CS(=O)(=O)C1CC2CCC(C1)N2C(=O)c1ccncc1. The van der Waals surface area contributed by atoms with Crippen molar-refractivity contribution in [2.75, 3.05) is 6.26 Å². The molecule has 2 aliphatic heterocycles. The highest BCUT2D eigenvalue weighted by Crippen LogP contribution is 2.38. The standard InChI is InChI=1S/C14H18N2O3S/c1-20(18,19)13-8-11-2-3-12(9-13)16(11)14(17)10-4-6-15-7-5-10/h4-7,11-13H,2-3,8-9H2,1H3. The van der Waals surface area contributed by atoms with Crippen LogP contribution in [0.5, 0.6) is 0 Å². The van der Waals surface area contributed by atoms with E-state index >= 15 is 0 Å². The molecule has 3 heterocycles. The number of hydrogen-bond donors (Lipinski definition) is 0. The van der Waals surface area contributed by atoms with Crippen molar-refractivity contribution in [3.05, 3.63) is 30.1 Å². The Hall–Kier alpha value is -1.43. The van der Waals surface area contributed by atoms with Crippen molar-refractivity contribution in [1.82, 2.24) is 9.88 Å². The van der Waals surface area contributed by atoms with Crippen LogP contribution in [0.4, 0.5) is 0 Å². The number of hydrogen-bond acceptors (Lipinski definition) is 4. The normalized spacial score (nSPS) is 29.4. The van der Waals surface area contributed by atoms with Gasteiger partial charge in [-0.15, -0.1) is 0 Å². The topological polar surface area (TPSA) is 67.3 Å². The van der Waals surface area contributed by atoms with E-state index in [0.29, 0.717) is 18.4 Å². The molecule has 0 N–H and O–H groups in total. The maximum Gasteiger partial charge on any atom is 0.254 e. The van der Waals surface area contributed by atoms with E-state index in [2.05, 4.69) is 4.98 Å². The summed E-state index contributed by atoms with van der Waals surface area (Å²) in [4.78, 5) is 18.4. The van der Waals surface area contributed by atoms with Crippen LogP contribution in [0.1, 0.15) is 36.0 Å². The van der Waals surface area contributed by atoms with Gasteiger partial charge in [-0.25, -0.2) is 8.42 Å². The molecule has 1 aromatic rings. The van der Waals surface area contributed by atoms with Crippen LogP contribution >= 0.6 is 0 Å². The summed E-state index contributed by atoms with van der Waals surface area (Å²) in [6.45, 7) is 0. The first kappa shape index (κ1) is 13.5. The predicted molar refractivity (Wildman–Crippen MR) is 75.1 cm³/mol. The van der Waals surface area contributed by atoms with Crippen molar-refractivity contribution < 1.29 is 13.2 Å². The van der Waals surface area contributed by atoms with Gasteiger partial charge in [0.15, 0.2) is 0 Å². The van der Waals surface area contributed by atoms with Gasteiger partial charge < -0.3 is 4.90 Å². The number of sulfone groups is 1. The van der Waals surface area contributed by atoms with Gasteiger partial charge in [0, 0.05) is 36.3 Å². The largest absolute Gasteiger partial charge is 0.333 e. The first-order valence-electron chi connectivity index (χ1n) is 6.88. The van der Waals surface area contributed by atoms with Crippen LogP contribution in [0.3, 0.4) is 0 Å². The summed E-state index contributed by atoms with van der Waals surface area (Å²) in [5.41, 5.74) is 0.634. The molecular formula is C14H18N2O3S. The van der Waals surface area contributed by atoms with Crippen LogP contribution in [0.2, 0.25) is 0 Å². The van der Waals surface area contributed by atoms with Gasteiger partial charge in [0.25, 0.3) is 5.91 Å². The van der Waals surface area contributed by atoms with E-state index in [1.54, 1.807) is 24.5 Å². The lowest BCUT2D eigenvalue weighted by Crippen LogP contribution is -2.49. The molecule has 5 nitrogen and oxygen atoms in total. The Morgan fingerprint density at radius 2 is 1.75 bits per heavy atom. The highest BCUT2D eigenvalue weighted by atomic mass is 32.2. The second kappa shape index (κ2) is 4.84. The summed E-state index contributed by atoms with van der Waals surface area (Å²) in [5.74, 6) is 0.00634. The van der Waals surface area contributed by atoms with Crippen molar-refractivity contribution in [2.24, 2.45) is 0 Å². The fraction of sp³-hybridized carbons (Fsp3) is 0.571. The van der Waals surface area contributed by atoms with Crippen molar-refractivity contribution in [1.29, 1.82) is 0 Å². The quantitative estimate of drug-likeness (QED) is 0.823. The van der Waals surface area contributed by atoms with Gasteiger partial charge in [-0.2, -0.15) is 0 Å². The molecule has 2 atom stereocenters. The van der Waals surface area contributed by atoms with Gasteiger partial charge in [0.1, 0.15) is 9.84 Å². The van der Waals surface area contributed by atoms with E-state index in [1.807, 2.05) is 4.90 Å². The zero-order valence-corrected chi connectivity index (χ0v) is 12.2. The Morgan fingerprint density at radius 3 is 2.25 bits per heavy atom. The fourth-order valence-corrected chi connectivity index (χ4v) is 4.60. The van der Waals surface area contributed by atoms with Crippen LogP contribution in [-0.4, -0.2) is 47.8 Å². The van der Waals surface area contributed by atoms with E-state index in [4.69, 9.17) is 0 Å². The molecule has 2 fully saturated rings. The van der Waals surface area contributed by atoms with Gasteiger partial charge in [-0.3, -0.25) is 9.78 Å². The monoisotopic (exact) mass is 294 g/mol. The van der Waals surface area contributed by atoms with Crippen LogP contribution in [-0.2, 0) is 9.84 Å². The van der Waals surface area contributed by atoms with Gasteiger partial charge >= 0.3 is 0 Å². The molecule has 1 aromatic heterocycles. The van der Waals surface area contributed by atoms with E-state index in [1.165, 1.54) is 6.26 Å². The number of nitrogens with zero attached hydrogens (tertiary/aromatic N) is 2. The minimum absolute atomic E-state index is 0.00634. The molecule has 6 heteroatoms. The number of amides is 1. The third-order valence-electron chi connectivity index (χ3n) is 4.46. The van der Waals surface area contributed by atoms with Gasteiger partial charge in [-0.05, 0) is 37.8 Å². The predicted octanol–water partition coefficient (Wildman–Crippen LogP) is 1.26. The van der Waals surface area contributed by atoms with Gasteiger partial charge in [0.05, 0.1) is 5.25 Å². The molecule has 0 aromatic carbocycles. The molecule has 0 saturated carbocycles. The summed E-state index contributed by atoms with van der Waals surface area (Å²) in [6, 6.07) is 3.55. The minimum Gasteiger partial charge on any atom is -0.333 e. The first-order chi connectivity index (χ1) is 9.47. The average molecular weight is 294 g/mol. The van der Waals surface area contributed by atoms with Crippen molar-refractivity contribution in [3.63, 3.8) is 0 Å². The molecule has 0 aliphatic carbocycles. The maximum atomic E-state index is 12.6. The molecule has 1 amide bonds. The van der Waals surface area contributed by atoms with E-state index in [9.17, 15) is 13.2 Å². The van der Waals surface area contributed by atoms with Gasteiger partial charge in [0.2, 0.25) is 0 Å². The molecule has 3 rings (SSSR count). The summed E-state index contributed by atoms with van der Waals surface area (Å²) in [5, 5.41) is -0.290. The molecule has 20 heavy (non-hydrogen) atoms. The Labute approximate surface area is 118 Å². The Bertz CT molecular complexity index is 601. The molecule has 0 spiro atoms. The Morgan fingerprint density at radius 1 is 1.20 bits per heavy atom. The molecule has 2 bridgehead atoms. The highest BCUT2D eigenvalue weighted by molar-refractivity contribution is 7.91. The number of piperidine rings is 1. The number of fused-ring (bicyclic) bond motifs is 2. The minimum atomic E-state index is -3.01. The fourth-order valence-electron chi connectivity index (χ4n) is 3.45. The maximum absolute atomic E-state index is 12.6. The first-order valence-corrected chi connectivity index (χ1v) is 8.84. The number of aromatic nitrogens is 1. The Balaban J connectivity index is 1.83. The van der Waals surface area contributed by atoms with Crippen LogP contribution in [0.15, 0.2) is 24.5 Å². The second-order valence-electron chi connectivity index (χ2n) is 5.76. The van der Waals surface area contributed by atoms with Crippen LogP contribution < -0.4 is 0 Å². The molecule has 0 radical (unpaired) electrons. The smallest absolute Gasteiger partial charge is 0.254 e. The molecule has 2 saturated heterocycles. The third kappa shape index (κ3) is 2.32. The van der Waals surface area contributed by atoms with E-state index in [-0.39, 0.29) is 23.2 Å². The molecular weight excluding hydrogens is 276 g/mol. The Kier molecular flexibility index (Phi) is 3.28. The van der Waals surface area contributed by atoms with Crippen molar-refractivity contribution >= 4 is 15.7 Å². The lowest BCUT2D eigenvalue weighted by atomic mass is 10.0. The number of pyridine rings is 1. The van der Waals surface area contributed by atoms with Crippen LogP contribution in [0, 0.1) is 0 Å². The van der Waals surface area contributed by atoms with E-state index < -0.39 is 9.84 Å².